The van der Waals surface area contributed by atoms with Crippen LogP contribution in [-0.2, 0) is 24.2 Å². The molecule has 39 heavy (non-hydrogen) atoms. The zero-order valence-corrected chi connectivity index (χ0v) is 22.4. The Hall–Kier alpha value is -3.61. The Kier molecular flexibility index (Phi) is 9.44. The van der Waals surface area contributed by atoms with Crippen molar-refractivity contribution in [3.05, 3.63) is 82.5 Å². The second-order valence-electron chi connectivity index (χ2n) is 9.18. The predicted molar refractivity (Wildman–Crippen MR) is 143 cm³/mol. The largest absolute Gasteiger partial charge is 0.493 e. The number of carbonyl (C=O) groups is 1. The monoisotopic (exact) mass is 556 g/mol. The van der Waals surface area contributed by atoms with Gasteiger partial charge in [0.2, 0.25) is 16.9 Å². The van der Waals surface area contributed by atoms with E-state index in [1.165, 1.54) is 28.3 Å². The van der Waals surface area contributed by atoms with E-state index < -0.39 is 29.7 Å². The number of nitrogens with one attached hydrogen (secondary N) is 2. The molecular weight excluding hydrogens is 526 g/mol. The number of hydrogen-bond donors (Lipinski definition) is 4. The highest BCUT2D eigenvalue weighted by atomic mass is 32.2. The number of carbonyl (C=O) groups excluding carboxylic acids is 1. The number of benzene rings is 2. The predicted octanol–water partition coefficient (Wildman–Crippen LogP) is 2.95. The third-order valence-electron chi connectivity index (χ3n) is 6.01. The molecule has 4 rings (SSSR count). The minimum Gasteiger partial charge on any atom is -0.493 e. The number of thioether (sulfide) groups is 1. The second-order valence-corrected chi connectivity index (χ2v) is 10.1. The van der Waals surface area contributed by atoms with Gasteiger partial charge in [-0.3, -0.25) is 4.79 Å². The van der Waals surface area contributed by atoms with Gasteiger partial charge in [0.1, 0.15) is 11.6 Å². The third-order valence-corrected chi connectivity index (χ3v) is 6.84. The maximum absolute atomic E-state index is 13.8. The fourth-order valence-corrected chi connectivity index (χ4v) is 4.75. The van der Waals surface area contributed by atoms with E-state index in [-0.39, 0.29) is 35.5 Å². The van der Waals surface area contributed by atoms with Crippen molar-refractivity contribution in [2.24, 2.45) is 0 Å². The van der Waals surface area contributed by atoms with E-state index in [0.29, 0.717) is 17.8 Å². The van der Waals surface area contributed by atoms with Crippen molar-refractivity contribution in [3.8, 4) is 5.88 Å². The van der Waals surface area contributed by atoms with Gasteiger partial charge in [0.25, 0.3) is 5.78 Å². The van der Waals surface area contributed by atoms with Gasteiger partial charge in [-0.05, 0) is 48.6 Å². The maximum atomic E-state index is 13.8. The van der Waals surface area contributed by atoms with Gasteiger partial charge in [-0.1, -0.05) is 43.0 Å². The van der Waals surface area contributed by atoms with E-state index in [1.54, 1.807) is 6.92 Å². The van der Waals surface area contributed by atoms with Crippen LogP contribution in [0.5, 0.6) is 5.88 Å². The van der Waals surface area contributed by atoms with Gasteiger partial charge in [-0.15, -0.1) is 5.10 Å². The highest BCUT2D eigenvalue weighted by Gasteiger charge is 2.23. The normalized spacial score (nSPS) is 12.9. The number of hydrogen-bond acceptors (Lipinski definition) is 8. The van der Waals surface area contributed by atoms with Crippen LogP contribution in [0.1, 0.15) is 29.3 Å². The molecule has 1 amide bonds. The molecule has 2 aromatic carbocycles. The molecule has 2 aromatic heterocycles. The molecule has 206 valence electrons. The van der Waals surface area contributed by atoms with Gasteiger partial charge >= 0.3 is 0 Å². The molecule has 0 aliphatic carbocycles. The van der Waals surface area contributed by atoms with Crippen molar-refractivity contribution in [3.63, 3.8) is 0 Å². The summed E-state index contributed by atoms with van der Waals surface area (Å²) in [5.41, 5.74) is 3.13. The SMILES string of the molecule is CCc1cccc(CNC[C@H](O)[C@H](Cc2cc(F)cc(F)c2)NC(=O)CSc2nc3nc(C)cc(O)n3n2)c1. The van der Waals surface area contributed by atoms with E-state index in [9.17, 15) is 23.8 Å². The zero-order chi connectivity index (χ0) is 27.9. The van der Waals surface area contributed by atoms with E-state index in [1.807, 2.05) is 18.2 Å². The number of aromatic hydroxyl groups is 1. The number of aromatic nitrogens is 4. The number of aliphatic hydroxyl groups excluding tert-OH is 1. The summed E-state index contributed by atoms with van der Waals surface area (Å²) in [6.07, 6.45) is -0.116. The smallest absolute Gasteiger partial charge is 0.256 e. The molecule has 0 bridgehead atoms. The van der Waals surface area contributed by atoms with Gasteiger partial charge < -0.3 is 20.8 Å². The maximum Gasteiger partial charge on any atom is 0.256 e. The van der Waals surface area contributed by atoms with Crippen molar-refractivity contribution in [2.75, 3.05) is 12.3 Å². The Labute approximate surface area is 228 Å². The number of amides is 1. The molecule has 0 spiro atoms. The van der Waals surface area contributed by atoms with E-state index in [4.69, 9.17) is 0 Å². The molecule has 0 unspecified atom stereocenters. The summed E-state index contributed by atoms with van der Waals surface area (Å²) in [5, 5.41) is 31.3. The third kappa shape index (κ3) is 7.94. The quantitative estimate of drug-likeness (QED) is 0.196. The first-order chi connectivity index (χ1) is 18.7. The lowest BCUT2D eigenvalue weighted by Gasteiger charge is -2.25. The number of halogens is 2. The number of aliphatic hydroxyl groups is 1. The number of rotatable bonds is 12. The van der Waals surface area contributed by atoms with Crippen LogP contribution in [0.2, 0.25) is 0 Å². The zero-order valence-electron chi connectivity index (χ0n) is 21.6. The fourth-order valence-electron chi connectivity index (χ4n) is 4.12. The van der Waals surface area contributed by atoms with Crippen LogP contribution >= 0.6 is 11.8 Å². The van der Waals surface area contributed by atoms with Crippen LogP contribution in [0.25, 0.3) is 5.78 Å². The number of fused-ring (bicyclic) bond motifs is 1. The van der Waals surface area contributed by atoms with Crippen LogP contribution < -0.4 is 10.6 Å². The topological polar surface area (TPSA) is 125 Å². The summed E-state index contributed by atoms with van der Waals surface area (Å²) in [6, 6.07) is 11.8. The lowest BCUT2D eigenvalue weighted by molar-refractivity contribution is -0.120. The van der Waals surface area contributed by atoms with Crippen LogP contribution in [0.4, 0.5) is 8.78 Å². The Morgan fingerprint density at radius 2 is 1.82 bits per heavy atom. The van der Waals surface area contributed by atoms with Gasteiger partial charge in [0.05, 0.1) is 17.9 Å². The number of nitrogens with zero attached hydrogens (tertiary/aromatic N) is 4. The first kappa shape index (κ1) is 28.4. The Balaban J connectivity index is 1.40. The lowest BCUT2D eigenvalue weighted by atomic mass is 10.0. The summed E-state index contributed by atoms with van der Waals surface area (Å²) in [7, 11) is 0. The molecule has 2 atom stereocenters. The van der Waals surface area contributed by atoms with Crippen molar-refractivity contribution in [2.45, 2.75) is 50.5 Å². The molecule has 0 saturated heterocycles. The van der Waals surface area contributed by atoms with Gasteiger partial charge in [-0.25, -0.2) is 13.8 Å². The summed E-state index contributed by atoms with van der Waals surface area (Å²) >= 11 is 1.03. The summed E-state index contributed by atoms with van der Waals surface area (Å²) in [5.74, 6) is -1.91. The minimum atomic E-state index is -1.04. The molecule has 2 heterocycles. The molecule has 0 fully saturated rings. The molecule has 4 aromatic rings. The van der Waals surface area contributed by atoms with Crippen molar-refractivity contribution >= 4 is 23.4 Å². The van der Waals surface area contributed by atoms with Crippen LogP contribution in [-0.4, -0.2) is 60.1 Å². The molecule has 0 saturated carbocycles. The summed E-state index contributed by atoms with van der Waals surface area (Å²) in [4.78, 5) is 21.2. The van der Waals surface area contributed by atoms with E-state index in [0.717, 1.165) is 29.8 Å². The highest BCUT2D eigenvalue weighted by Crippen LogP contribution is 2.18. The summed E-state index contributed by atoms with van der Waals surface area (Å²) in [6.45, 7) is 4.44. The standard InChI is InChI=1S/C27H30F2N6O3S/c1-3-17-5-4-6-18(8-17)13-30-14-23(36)22(11-19-9-20(28)12-21(29)10-19)32-24(37)15-39-27-33-26-31-16(2)7-25(38)35(26)34-27/h4-10,12,22-23,30,36,38H,3,11,13-15H2,1-2H3,(H,32,37)/t22-,23-/m0/s1. The van der Waals surface area contributed by atoms with E-state index >= 15 is 0 Å². The Morgan fingerprint density at radius 3 is 2.56 bits per heavy atom. The molecule has 0 aliphatic heterocycles. The van der Waals surface area contributed by atoms with Gasteiger partial charge in [0.15, 0.2) is 0 Å². The fraction of sp³-hybridized carbons (Fsp3) is 0.333. The second kappa shape index (κ2) is 13.0. The molecule has 0 radical (unpaired) electrons. The molecule has 4 N–H and O–H groups in total. The first-order valence-electron chi connectivity index (χ1n) is 12.5. The van der Waals surface area contributed by atoms with Crippen molar-refractivity contribution < 1.29 is 23.8 Å². The lowest BCUT2D eigenvalue weighted by Crippen LogP contribution is -2.49. The highest BCUT2D eigenvalue weighted by molar-refractivity contribution is 7.99. The molecule has 0 aliphatic rings. The van der Waals surface area contributed by atoms with Crippen molar-refractivity contribution in [1.82, 2.24) is 30.2 Å². The summed E-state index contributed by atoms with van der Waals surface area (Å²) < 4.78 is 28.8. The molecule has 9 nitrogen and oxygen atoms in total. The van der Waals surface area contributed by atoms with E-state index in [2.05, 4.69) is 38.7 Å². The van der Waals surface area contributed by atoms with Crippen LogP contribution in [0.3, 0.4) is 0 Å². The molecular formula is C27H30F2N6O3S. The number of aryl methyl sites for hydroxylation is 2. The minimum absolute atomic E-state index is 0.0168. The molecule has 12 heteroatoms. The Bertz CT molecular complexity index is 1430. The van der Waals surface area contributed by atoms with Crippen molar-refractivity contribution in [1.29, 1.82) is 0 Å². The average Bonchev–Trinajstić information content (AvgIpc) is 3.30. The van der Waals surface area contributed by atoms with Gasteiger partial charge in [0, 0.05) is 30.9 Å². The first-order valence-corrected chi connectivity index (χ1v) is 13.5. The Morgan fingerprint density at radius 1 is 1.08 bits per heavy atom. The van der Waals surface area contributed by atoms with Crippen LogP contribution in [0.15, 0.2) is 53.7 Å². The average molecular weight is 557 g/mol. The van der Waals surface area contributed by atoms with Crippen LogP contribution in [0, 0.1) is 18.6 Å². The van der Waals surface area contributed by atoms with Gasteiger partial charge in [-0.2, -0.15) is 9.50 Å².